The van der Waals surface area contributed by atoms with Crippen LogP contribution in [0.15, 0.2) is 77.9 Å². The van der Waals surface area contributed by atoms with Crippen molar-refractivity contribution in [3.05, 3.63) is 105 Å². The summed E-state index contributed by atoms with van der Waals surface area (Å²) in [6, 6.07) is 15.7. The maximum absolute atomic E-state index is 13.8. The van der Waals surface area contributed by atoms with Gasteiger partial charge in [0, 0.05) is 17.7 Å². The molecule has 3 aliphatic heterocycles. The quantitative estimate of drug-likeness (QED) is 0.242. The minimum atomic E-state index is -1.12. The Morgan fingerprint density at radius 2 is 1.67 bits per heavy atom. The number of benzene rings is 3. The fourth-order valence-electron chi connectivity index (χ4n) is 5.45. The Hall–Kier alpha value is -4.73. The molecule has 2 amide bonds. The molecule has 2 fully saturated rings. The molecule has 2 saturated heterocycles. The number of carbonyl (C=O) groups is 3. The molecule has 3 aromatic rings. The topological polar surface area (TPSA) is 113 Å². The van der Waals surface area contributed by atoms with Crippen molar-refractivity contribution < 1.29 is 23.7 Å². The van der Waals surface area contributed by atoms with Crippen LogP contribution < -0.4 is 4.90 Å². The lowest BCUT2D eigenvalue weighted by molar-refractivity contribution is -0.384. The smallest absolute Gasteiger partial charge is 0.271 e. The molecular formula is C26H17FN4O5. The first-order valence-electron chi connectivity index (χ1n) is 11.2. The van der Waals surface area contributed by atoms with Gasteiger partial charge in [-0.2, -0.15) is 5.10 Å². The molecular weight excluding hydrogens is 467 g/mol. The predicted octanol–water partition coefficient (Wildman–Crippen LogP) is 3.50. The first-order valence-corrected chi connectivity index (χ1v) is 11.2. The van der Waals surface area contributed by atoms with Crippen LogP contribution in [0.2, 0.25) is 0 Å². The highest BCUT2D eigenvalue weighted by atomic mass is 19.1. The highest BCUT2D eigenvalue weighted by Gasteiger charge is 2.65. The molecule has 178 valence electrons. The number of hydrazone groups is 1. The van der Waals surface area contributed by atoms with Gasteiger partial charge in [0.2, 0.25) is 11.8 Å². The molecule has 0 radical (unpaired) electrons. The SMILES string of the molecule is O=C(c1ccc(F)cc1)C1C2C(=O)N(c3cccc([N+](=O)[O-])c3)C(=O)C2C2c3ccccc3C=NN12. The third-order valence-electron chi connectivity index (χ3n) is 6.99. The summed E-state index contributed by atoms with van der Waals surface area (Å²) in [7, 11) is 0. The molecule has 0 aliphatic carbocycles. The van der Waals surface area contributed by atoms with Gasteiger partial charge in [-0.05, 0) is 41.5 Å². The number of amides is 2. The van der Waals surface area contributed by atoms with Gasteiger partial charge in [-0.3, -0.25) is 29.5 Å². The highest BCUT2D eigenvalue weighted by Crippen LogP contribution is 2.53. The van der Waals surface area contributed by atoms with Crippen molar-refractivity contribution in [2.75, 3.05) is 4.90 Å². The van der Waals surface area contributed by atoms with Gasteiger partial charge in [0.1, 0.15) is 11.9 Å². The lowest BCUT2D eigenvalue weighted by Crippen LogP contribution is -2.44. The van der Waals surface area contributed by atoms with Gasteiger partial charge in [0.25, 0.3) is 5.69 Å². The lowest BCUT2D eigenvalue weighted by Gasteiger charge is -2.33. The van der Waals surface area contributed by atoms with Gasteiger partial charge in [0.05, 0.1) is 34.7 Å². The van der Waals surface area contributed by atoms with Crippen LogP contribution in [0, 0.1) is 27.8 Å². The Morgan fingerprint density at radius 3 is 2.42 bits per heavy atom. The molecule has 4 unspecified atom stereocenters. The zero-order chi connectivity index (χ0) is 25.1. The number of nitro groups is 1. The number of anilines is 1. The second kappa shape index (κ2) is 7.91. The molecule has 0 spiro atoms. The summed E-state index contributed by atoms with van der Waals surface area (Å²) in [6.07, 6.45) is 1.59. The van der Waals surface area contributed by atoms with E-state index < -0.39 is 52.3 Å². The lowest BCUT2D eigenvalue weighted by atomic mass is 9.83. The molecule has 6 rings (SSSR count). The summed E-state index contributed by atoms with van der Waals surface area (Å²) in [4.78, 5) is 52.9. The minimum Gasteiger partial charge on any atom is -0.292 e. The number of nitro benzene ring substituents is 1. The Labute approximate surface area is 203 Å². The van der Waals surface area contributed by atoms with E-state index in [0.29, 0.717) is 0 Å². The number of halogens is 1. The van der Waals surface area contributed by atoms with E-state index in [1.54, 1.807) is 12.3 Å². The molecule has 3 aromatic carbocycles. The third-order valence-corrected chi connectivity index (χ3v) is 6.99. The molecule has 0 N–H and O–H groups in total. The van der Waals surface area contributed by atoms with Crippen LogP contribution in [-0.2, 0) is 9.59 Å². The number of ketones is 1. The molecule has 4 atom stereocenters. The van der Waals surface area contributed by atoms with E-state index in [1.165, 1.54) is 41.4 Å². The monoisotopic (exact) mass is 484 g/mol. The predicted molar refractivity (Wildman–Crippen MR) is 126 cm³/mol. The van der Waals surface area contributed by atoms with Crippen LogP contribution in [0.4, 0.5) is 15.8 Å². The average molecular weight is 484 g/mol. The van der Waals surface area contributed by atoms with Crippen molar-refractivity contribution in [2.24, 2.45) is 16.9 Å². The number of carbonyl (C=O) groups excluding carboxylic acids is 3. The normalized spacial score (nSPS) is 23.9. The van der Waals surface area contributed by atoms with Crippen molar-refractivity contribution >= 4 is 35.2 Å². The molecule has 0 aromatic heterocycles. The van der Waals surface area contributed by atoms with Crippen LogP contribution in [0.5, 0.6) is 0 Å². The Bertz CT molecular complexity index is 1490. The fraction of sp³-hybridized carbons (Fsp3) is 0.154. The first-order chi connectivity index (χ1) is 17.4. The number of fused-ring (bicyclic) bond motifs is 5. The molecule has 36 heavy (non-hydrogen) atoms. The summed E-state index contributed by atoms with van der Waals surface area (Å²) in [5.41, 5.74) is 1.50. The molecule has 10 heteroatoms. The van der Waals surface area contributed by atoms with Crippen LogP contribution in [0.3, 0.4) is 0 Å². The van der Waals surface area contributed by atoms with Gasteiger partial charge in [-0.1, -0.05) is 30.3 Å². The van der Waals surface area contributed by atoms with E-state index in [0.717, 1.165) is 28.2 Å². The van der Waals surface area contributed by atoms with Gasteiger partial charge in [-0.15, -0.1) is 0 Å². The Balaban J connectivity index is 1.49. The molecule has 3 heterocycles. The maximum atomic E-state index is 13.8. The van der Waals surface area contributed by atoms with Crippen LogP contribution in [0.1, 0.15) is 27.5 Å². The van der Waals surface area contributed by atoms with E-state index in [9.17, 15) is 28.9 Å². The van der Waals surface area contributed by atoms with Crippen molar-refractivity contribution in [2.45, 2.75) is 12.1 Å². The van der Waals surface area contributed by atoms with E-state index in [-0.39, 0.29) is 16.9 Å². The van der Waals surface area contributed by atoms with Crippen molar-refractivity contribution in [3.8, 4) is 0 Å². The third kappa shape index (κ3) is 3.07. The molecule has 3 aliphatic rings. The van der Waals surface area contributed by atoms with Gasteiger partial charge in [-0.25, -0.2) is 9.29 Å². The standard InChI is InChI=1S/C26H17FN4O5/c27-16-10-8-14(9-11-16)24(32)23-21-20(22-19-7-2-1-4-15(19)13-28-30(22)23)25(33)29(26(21)34)17-5-3-6-18(12-17)31(35)36/h1-13,20-23H. The number of rotatable bonds is 4. The number of hydrogen-bond donors (Lipinski definition) is 0. The maximum Gasteiger partial charge on any atom is 0.271 e. The number of Topliss-reactive ketones (excluding diaryl/α,β-unsaturated/α-hetero) is 1. The summed E-state index contributed by atoms with van der Waals surface area (Å²) in [5.74, 6) is -4.18. The zero-order valence-electron chi connectivity index (χ0n) is 18.5. The van der Waals surface area contributed by atoms with Gasteiger partial charge < -0.3 is 0 Å². The second-order valence-electron chi connectivity index (χ2n) is 8.85. The number of non-ortho nitro benzene ring substituents is 1. The number of hydrogen-bond acceptors (Lipinski definition) is 7. The number of nitrogens with zero attached hydrogens (tertiary/aromatic N) is 4. The van der Waals surface area contributed by atoms with Gasteiger partial charge in [0.15, 0.2) is 5.78 Å². The van der Waals surface area contributed by atoms with E-state index >= 15 is 0 Å². The largest absolute Gasteiger partial charge is 0.292 e. The first kappa shape index (κ1) is 21.8. The summed E-state index contributed by atoms with van der Waals surface area (Å²) in [5, 5.41) is 17.3. The number of imide groups is 1. The molecule has 0 saturated carbocycles. The van der Waals surface area contributed by atoms with E-state index in [2.05, 4.69) is 5.10 Å². The van der Waals surface area contributed by atoms with E-state index in [4.69, 9.17) is 0 Å². The van der Waals surface area contributed by atoms with Crippen LogP contribution in [0.25, 0.3) is 0 Å². The van der Waals surface area contributed by atoms with Gasteiger partial charge >= 0.3 is 0 Å². The average Bonchev–Trinajstić information content (AvgIpc) is 3.36. The van der Waals surface area contributed by atoms with Crippen LogP contribution >= 0.6 is 0 Å². The Kier molecular flexibility index (Phi) is 4.78. The van der Waals surface area contributed by atoms with E-state index in [1.807, 2.05) is 18.2 Å². The molecule has 9 nitrogen and oxygen atoms in total. The fourth-order valence-corrected chi connectivity index (χ4v) is 5.45. The zero-order valence-corrected chi connectivity index (χ0v) is 18.5. The second-order valence-corrected chi connectivity index (χ2v) is 8.85. The molecule has 0 bridgehead atoms. The summed E-state index contributed by atoms with van der Waals surface area (Å²) >= 11 is 0. The van der Waals surface area contributed by atoms with Crippen LogP contribution in [-0.4, -0.2) is 39.8 Å². The Morgan fingerprint density at radius 1 is 0.944 bits per heavy atom. The summed E-state index contributed by atoms with van der Waals surface area (Å²) < 4.78 is 13.5. The van der Waals surface area contributed by atoms with Crippen molar-refractivity contribution in [1.82, 2.24) is 5.01 Å². The van der Waals surface area contributed by atoms with Crippen molar-refractivity contribution in [3.63, 3.8) is 0 Å². The minimum absolute atomic E-state index is 0.0701. The summed E-state index contributed by atoms with van der Waals surface area (Å²) in [6.45, 7) is 0. The highest BCUT2D eigenvalue weighted by molar-refractivity contribution is 6.24. The van der Waals surface area contributed by atoms with Crippen molar-refractivity contribution in [1.29, 1.82) is 0 Å².